The van der Waals surface area contributed by atoms with Gasteiger partial charge in [-0.15, -0.1) is 0 Å². The Morgan fingerprint density at radius 1 is 1.11 bits per heavy atom. The summed E-state index contributed by atoms with van der Waals surface area (Å²) in [6.07, 6.45) is 3.52. The third-order valence-corrected chi connectivity index (χ3v) is 4.42. The molecule has 146 valence electrons. The molecule has 3 rings (SSSR count). The van der Waals surface area contributed by atoms with Gasteiger partial charge in [0.15, 0.2) is 0 Å². The quantitative estimate of drug-likeness (QED) is 0.519. The number of aromatic nitrogens is 1. The van der Waals surface area contributed by atoms with Crippen molar-refractivity contribution >= 4 is 22.7 Å². The molecule has 0 saturated carbocycles. The molecule has 0 amide bonds. The van der Waals surface area contributed by atoms with Crippen LogP contribution in [0.15, 0.2) is 48.7 Å². The number of hydrogen-bond donors (Lipinski definition) is 1. The largest absolute Gasteiger partial charge is 0.508 e. The third kappa shape index (κ3) is 3.57. The van der Waals surface area contributed by atoms with Crippen molar-refractivity contribution in [1.29, 1.82) is 0 Å². The summed E-state index contributed by atoms with van der Waals surface area (Å²) in [7, 11) is 7.52. The van der Waals surface area contributed by atoms with Gasteiger partial charge >= 0.3 is 5.69 Å². The molecule has 0 atom stereocenters. The molecule has 1 N–H and O–H groups in total. The summed E-state index contributed by atoms with van der Waals surface area (Å²) in [6.45, 7) is 0.452. The normalized spacial score (nSPS) is 11.6. The molecule has 0 aliphatic heterocycles. The van der Waals surface area contributed by atoms with E-state index >= 15 is 0 Å². The molecular formula is C21H24N4O3. The summed E-state index contributed by atoms with van der Waals surface area (Å²) < 4.78 is 1.85. The topological polar surface area (TPSA) is 74.8 Å². The Balaban J connectivity index is 2.51. The van der Waals surface area contributed by atoms with Crippen molar-refractivity contribution in [2.45, 2.75) is 6.54 Å². The molecule has 0 radical (unpaired) electrons. The van der Waals surface area contributed by atoms with E-state index in [0.717, 1.165) is 5.69 Å². The average Bonchev–Trinajstić information content (AvgIpc) is 2.97. The van der Waals surface area contributed by atoms with Crippen LogP contribution in [0, 0.1) is 10.1 Å². The van der Waals surface area contributed by atoms with Gasteiger partial charge in [0, 0.05) is 38.1 Å². The van der Waals surface area contributed by atoms with Gasteiger partial charge in [-0.25, -0.2) is 0 Å². The first-order chi connectivity index (χ1) is 13.3. The molecule has 0 unspecified atom stereocenters. The molecule has 1 aromatic heterocycles. The number of hydrogen-bond acceptors (Lipinski definition) is 5. The van der Waals surface area contributed by atoms with Crippen LogP contribution in [0.5, 0.6) is 5.75 Å². The summed E-state index contributed by atoms with van der Waals surface area (Å²) in [5.41, 5.74) is 2.58. The molecule has 7 nitrogen and oxygen atoms in total. The molecule has 0 spiro atoms. The number of nitrogens with zero attached hydrogens (tertiary/aromatic N) is 4. The van der Waals surface area contributed by atoms with Gasteiger partial charge in [-0.2, -0.15) is 0 Å². The SMILES string of the molecule is CN(C)C=Cc1c([N+](=O)[O-])c2ccc(O)c(CN(C)C)c2n1-c1ccccc1. The van der Waals surface area contributed by atoms with Crippen LogP contribution in [0.4, 0.5) is 5.69 Å². The van der Waals surface area contributed by atoms with Gasteiger partial charge in [-0.05, 0) is 44.4 Å². The highest BCUT2D eigenvalue weighted by atomic mass is 16.6. The van der Waals surface area contributed by atoms with Crippen molar-refractivity contribution in [3.63, 3.8) is 0 Å². The number of benzene rings is 2. The summed E-state index contributed by atoms with van der Waals surface area (Å²) in [4.78, 5) is 15.4. The van der Waals surface area contributed by atoms with Gasteiger partial charge in [-0.1, -0.05) is 18.2 Å². The highest BCUT2D eigenvalue weighted by molar-refractivity contribution is 5.99. The Morgan fingerprint density at radius 3 is 2.36 bits per heavy atom. The fourth-order valence-corrected chi connectivity index (χ4v) is 3.32. The van der Waals surface area contributed by atoms with E-state index in [1.165, 1.54) is 6.07 Å². The molecule has 3 aromatic rings. The predicted molar refractivity (Wildman–Crippen MR) is 112 cm³/mol. The monoisotopic (exact) mass is 380 g/mol. The van der Waals surface area contributed by atoms with Gasteiger partial charge in [0.1, 0.15) is 11.4 Å². The van der Waals surface area contributed by atoms with Gasteiger partial charge < -0.3 is 19.5 Å². The number of phenolic OH excluding ortho intramolecular Hbond substituents is 1. The van der Waals surface area contributed by atoms with E-state index in [1.54, 1.807) is 18.3 Å². The highest BCUT2D eigenvalue weighted by Gasteiger charge is 2.28. The highest BCUT2D eigenvalue weighted by Crippen LogP contribution is 2.40. The first-order valence-corrected chi connectivity index (χ1v) is 8.89. The first-order valence-electron chi connectivity index (χ1n) is 8.89. The Kier molecular flexibility index (Phi) is 5.37. The summed E-state index contributed by atoms with van der Waals surface area (Å²) >= 11 is 0. The molecule has 0 bridgehead atoms. The van der Waals surface area contributed by atoms with E-state index in [9.17, 15) is 15.2 Å². The van der Waals surface area contributed by atoms with Crippen LogP contribution in [0.2, 0.25) is 0 Å². The van der Waals surface area contributed by atoms with Crippen molar-refractivity contribution in [2.75, 3.05) is 28.2 Å². The second-order valence-corrected chi connectivity index (χ2v) is 7.14. The smallest absolute Gasteiger partial charge is 0.302 e. The lowest BCUT2D eigenvalue weighted by Gasteiger charge is -2.15. The summed E-state index contributed by atoms with van der Waals surface area (Å²) in [5, 5.41) is 23.1. The number of aromatic hydroxyl groups is 1. The lowest BCUT2D eigenvalue weighted by atomic mass is 10.1. The van der Waals surface area contributed by atoms with E-state index < -0.39 is 0 Å². The molecule has 28 heavy (non-hydrogen) atoms. The zero-order chi connectivity index (χ0) is 20.4. The van der Waals surface area contributed by atoms with E-state index in [4.69, 9.17) is 0 Å². The van der Waals surface area contributed by atoms with Crippen LogP contribution in [-0.4, -0.2) is 52.6 Å². The van der Waals surface area contributed by atoms with Crippen LogP contribution in [-0.2, 0) is 6.54 Å². The van der Waals surface area contributed by atoms with Gasteiger partial charge in [0.2, 0.25) is 0 Å². The zero-order valence-electron chi connectivity index (χ0n) is 16.5. The van der Waals surface area contributed by atoms with Crippen molar-refractivity contribution in [3.05, 3.63) is 70.0 Å². The average molecular weight is 380 g/mol. The first kappa shape index (κ1) is 19.4. The maximum atomic E-state index is 12.0. The van der Waals surface area contributed by atoms with Crippen molar-refractivity contribution in [2.24, 2.45) is 0 Å². The maximum absolute atomic E-state index is 12.0. The minimum Gasteiger partial charge on any atom is -0.508 e. The molecule has 7 heteroatoms. The Hall–Kier alpha value is -3.32. The van der Waals surface area contributed by atoms with E-state index in [1.807, 2.05) is 72.9 Å². The molecule has 2 aromatic carbocycles. The van der Waals surface area contributed by atoms with Gasteiger partial charge in [-0.3, -0.25) is 10.1 Å². The van der Waals surface area contributed by atoms with Crippen molar-refractivity contribution in [1.82, 2.24) is 14.4 Å². The lowest BCUT2D eigenvalue weighted by molar-refractivity contribution is -0.383. The molecule has 1 heterocycles. The number of phenols is 1. The van der Waals surface area contributed by atoms with Crippen LogP contribution in [0.1, 0.15) is 11.3 Å². The summed E-state index contributed by atoms with van der Waals surface area (Å²) in [6, 6.07) is 12.6. The number of rotatable bonds is 6. The van der Waals surface area contributed by atoms with E-state index in [2.05, 4.69) is 0 Å². The summed E-state index contributed by atoms with van der Waals surface area (Å²) in [5.74, 6) is 0.119. The van der Waals surface area contributed by atoms with E-state index in [-0.39, 0.29) is 16.4 Å². The predicted octanol–water partition coefficient (Wildman–Crippen LogP) is 3.84. The molecule has 0 fully saturated rings. The van der Waals surface area contributed by atoms with Crippen LogP contribution < -0.4 is 0 Å². The van der Waals surface area contributed by atoms with Gasteiger partial charge in [0.25, 0.3) is 0 Å². The second kappa shape index (κ2) is 7.74. The fourth-order valence-electron chi connectivity index (χ4n) is 3.32. The Bertz CT molecular complexity index is 1040. The molecule has 0 saturated heterocycles. The van der Waals surface area contributed by atoms with Crippen molar-refractivity contribution < 1.29 is 10.0 Å². The number of nitro groups is 1. The Labute approximate surface area is 163 Å². The van der Waals surface area contributed by atoms with Gasteiger partial charge in [0.05, 0.1) is 15.8 Å². The Morgan fingerprint density at radius 2 is 1.79 bits per heavy atom. The number of para-hydroxylation sites is 1. The van der Waals surface area contributed by atoms with E-state index in [0.29, 0.717) is 28.7 Å². The molecule has 0 aliphatic rings. The maximum Gasteiger partial charge on any atom is 0.302 e. The standard InChI is InChI=1S/C21H24N4O3/c1-22(2)13-12-18-21(25(27)28)16-10-11-19(26)17(14-23(3)4)20(16)24(18)15-8-6-5-7-9-15/h5-13,26H,14H2,1-4H3. The molecular weight excluding hydrogens is 356 g/mol. The second-order valence-electron chi connectivity index (χ2n) is 7.14. The van der Waals surface area contributed by atoms with Crippen molar-refractivity contribution in [3.8, 4) is 11.4 Å². The third-order valence-electron chi connectivity index (χ3n) is 4.42. The fraction of sp³-hybridized carbons (Fsp3) is 0.238. The lowest BCUT2D eigenvalue weighted by Crippen LogP contribution is -2.12. The number of fused-ring (bicyclic) bond motifs is 1. The zero-order valence-corrected chi connectivity index (χ0v) is 16.5. The van der Waals surface area contributed by atoms with Crippen LogP contribution in [0.25, 0.3) is 22.7 Å². The molecule has 0 aliphatic carbocycles. The van der Waals surface area contributed by atoms with Crippen LogP contribution in [0.3, 0.4) is 0 Å². The minimum atomic E-state index is -0.354. The van der Waals surface area contributed by atoms with Crippen LogP contribution >= 0.6 is 0 Å². The minimum absolute atomic E-state index is 0.0250.